The molecule has 0 aromatic heterocycles. The standard InChI is InChI=1S/C18H18O3/c19-18(21-13-14-4-2-1-3-5-14)16-8-10-17(11-9-16)20-12-15-6-7-15/h1-5,8-11,15H,6-7,12-13H2. The quantitative estimate of drug-likeness (QED) is 0.755. The summed E-state index contributed by atoms with van der Waals surface area (Å²) in [6, 6.07) is 16.8. The van der Waals surface area contributed by atoms with Gasteiger partial charge in [0.1, 0.15) is 12.4 Å². The Morgan fingerprint density at radius 1 is 1.00 bits per heavy atom. The van der Waals surface area contributed by atoms with Gasteiger partial charge in [-0.1, -0.05) is 30.3 Å². The Kier molecular flexibility index (Phi) is 4.20. The molecule has 3 rings (SSSR count). The summed E-state index contributed by atoms with van der Waals surface area (Å²) in [6.45, 7) is 1.07. The van der Waals surface area contributed by atoms with Crippen molar-refractivity contribution in [2.24, 2.45) is 5.92 Å². The third-order valence-corrected chi connectivity index (χ3v) is 3.49. The van der Waals surface area contributed by atoms with E-state index >= 15 is 0 Å². The lowest BCUT2D eigenvalue weighted by molar-refractivity contribution is 0.0472. The number of benzene rings is 2. The van der Waals surface area contributed by atoms with Gasteiger partial charge in [0.15, 0.2) is 0 Å². The third kappa shape index (κ3) is 4.09. The van der Waals surface area contributed by atoms with Crippen LogP contribution in [0.4, 0.5) is 0 Å². The molecule has 0 aliphatic heterocycles. The first-order chi connectivity index (χ1) is 10.3. The van der Waals surface area contributed by atoms with Crippen LogP contribution in [0, 0.1) is 5.92 Å². The van der Waals surface area contributed by atoms with E-state index in [9.17, 15) is 4.79 Å². The van der Waals surface area contributed by atoms with E-state index in [1.165, 1.54) is 12.8 Å². The van der Waals surface area contributed by atoms with E-state index in [0.29, 0.717) is 12.2 Å². The Balaban J connectivity index is 1.51. The molecule has 1 aliphatic carbocycles. The molecule has 3 heteroatoms. The summed E-state index contributed by atoms with van der Waals surface area (Å²) in [5.74, 6) is 1.22. The fourth-order valence-electron chi connectivity index (χ4n) is 1.99. The zero-order valence-corrected chi connectivity index (χ0v) is 11.8. The maximum atomic E-state index is 11.9. The number of hydrogen-bond donors (Lipinski definition) is 0. The van der Waals surface area contributed by atoms with Crippen molar-refractivity contribution in [3.8, 4) is 5.75 Å². The van der Waals surface area contributed by atoms with E-state index < -0.39 is 0 Å². The van der Waals surface area contributed by atoms with E-state index in [1.807, 2.05) is 42.5 Å². The summed E-state index contributed by atoms with van der Waals surface area (Å²) in [5, 5.41) is 0. The molecule has 0 saturated heterocycles. The Bertz CT molecular complexity index is 586. The molecule has 3 nitrogen and oxygen atoms in total. The molecule has 1 fully saturated rings. The fourth-order valence-corrected chi connectivity index (χ4v) is 1.99. The summed E-state index contributed by atoms with van der Waals surface area (Å²) in [4.78, 5) is 11.9. The number of carbonyl (C=O) groups excluding carboxylic acids is 1. The summed E-state index contributed by atoms with van der Waals surface area (Å²) >= 11 is 0. The van der Waals surface area contributed by atoms with Gasteiger partial charge in [-0.2, -0.15) is 0 Å². The highest BCUT2D eigenvalue weighted by Gasteiger charge is 2.21. The van der Waals surface area contributed by atoms with Gasteiger partial charge in [0, 0.05) is 0 Å². The number of esters is 1. The number of rotatable bonds is 6. The summed E-state index contributed by atoms with van der Waals surface area (Å²) < 4.78 is 10.9. The zero-order chi connectivity index (χ0) is 14.5. The molecule has 0 radical (unpaired) electrons. The van der Waals surface area contributed by atoms with Crippen LogP contribution >= 0.6 is 0 Å². The van der Waals surface area contributed by atoms with E-state index in [1.54, 1.807) is 12.1 Å². The summed E-state index contributed by atoms with van der Waals surface area (Å²) in [7, 11) is 0. The van der Waals surface area contributed by atoms with Crippen molar-refractivity contribution in [2.45, 2.75) is 19.4 Å². The lowest BCUT2D eigenvalue weighted by Crippen LogP contribution is -2.05. The van der Waals surface area contributed by atoms with Crippen LogP contribution in [0.15, 0.2) is 54.6 Å². The first-order valence-corrected chi connectivity index (χ1v) is 7.25. The van der Waals surface area contributed by atoms with E-state index in [4.69, 9.17) is 9.47 Å². The predicted molar refractivity (Wildman–Crippen MR) is 80.2 cm³/mol. The maximum Gasteiger partial charge on any atom is 0.338 e. The highest BCUT2D eigenvalue weighted by atomic mass is 16.5. The molecular formula is C18H18O3. The molecule has 0 bridgehead atoms. The normalized spacial score (nSPS) is 13.7. The smallest absolute Gasteiger partial charge is 0.338 e. The van der Waals surface area contributed by atoms with E-state index in [2.05, 4.69) is 0 Å². The summed E-state index contributed by atoms with van der Waals surface area (Å²) in [5.41, 5.74) is 1.53. The largest absolute Gasteiger partial charge is 0.493 e. The van der Waals surface area contributed by atoms with Crippen LogP contribution in [-0.4, -0.2) is 12.6 Å². The van der Waals surface area contributed by atoms with Gasteiger partial charge >= 0.3 is 5.97 Å². The van der Waals surface area contributed by atoms with Gasteiger partial charge in [0.2, 0.25) is 0 Å². The minimum absolute atomic E-state index is 0.291. The zero-order valence-electron chi connectivity index (χ0n) is 11.8. The van der Waals surface area contributed by atoms with Crippen LogP contribution in [0.3, 0.4) is 0 Å². The molecule has 1 saturated carbocycles. The SMILES string of the molecule is O=C(OCc1ccccc1)c1ccc(OCC2CC2)cc1. The van der Waals surface area contributed by atoms with Crippen LogP contribution in [0.5, 0.6) is 5.75 Å². The second-order valence-electron chi connectivity index (χ2n) is 5.34. The maximum absolute atomic E-state index is 11.9. The van der Waals surface area contributed by atoms with Crippen molar-refractivity contribution in [3.05, 3.63) is 65.7 Å². The topological polar surface area (TPSA) is 35.5 Å². The van der Waals surface area contributed by atoms with Crippen molar-refractivity contribution in [2.75, 3.05) is 6.61 Å². The Labute approximate surface area is 124 Å². The van der Waals surface area contributed by atoms with Crippen LogP contribution in [0.1, 0.15) is 28.8 Å². The molecule has 0 N–H and O–H groups in total. The second kappa shape index (κ2) is 6.44. The van der Waals surface area contributed by atoms with Crippen molar-refractivity contribution in [1.82, 2.24) is 0 Å². The van der Waals surface area contributed by atoms with Crippen molar-refractivity contribution in [3.63, 3.8) is 0 Å². The lowest BCUT2D eigenvalue weighted by Gasteiger charge is -2.07. The molecule has 1 aliphatic rings. The van der Waals surface area contributed by atoms with E-state index in [0.717, 1.165) is 23.8 Å². The van der Waals surface area contributed by atoms with Crippen LogP contribution in [0.2, 0.25) is 0 Å². The van der Waals surface area contributed by atoms with Crippen molar-refractivity contribution < 1.29 is 14.3 Å². The van der Waals surface area contributed by atoms with Crippen LogP contribution < -0.4 is 4.74 Å². The molecule has 2 aromatic carbocycles. The minimum atomic E-state index is -0.312. The van der Waals surface area contributed by atoms with Gasteiger partial charge in [-0.15, -0.1) is 0 Å². The first kappa shape index (κ1) is 13.7. The number of hydrogen-bond acceptors (Lipinski definition) is 3. The minimum Gasteiger partial charge on any atom is -0.493 e. The van der Waals surface area contributed by atoms with Gasteiger partial charge in [0.05, 0.1) is 12.2 Å². The molecule has 2 aromatic rings. The van der Waals surface area contributed by atoms with Gasteiger partial charge in [-0.3, -0.25) is 0 Å². The van der Waals surface area contributed by atoms with Crippen LogP contribution in [0.25, 0.3) is 0 Å². The van der Waals surface area contributed by atoms with Crippen molar-refractivity contribution in [1.29, 1.82) is 0 Å². The fraction of sp³-hybridized carbons (Fsp3) is 0.278. The number of ether oxygens (including phenoxy) is 2. The van der Waals surface area contributed by atoms with Crippen LogP contribution in [-0.2, 0) is 11.3 Å². The lowest BCUT2D eigenvalue weighted by atomic mass is 10.2. The molecule has 0 amide bonds. The average Bonchev–Trinajstić information content (AvgIpc) is 3.36. The Hall–Kier alpha value is -2.29. The molecule has 21 heavy (non-hydrogen) atoms. The van der Waals surface area contributed by atoms with Gasteiger partial charge < -0.3 is 9.47 Å². The Morgan fingerprint density at radius 3 is 2.38 bits per heavy atom. The highest BCUT2D eigenvalue weighted by Crippen LogP contribution is 2.29. The molecular weight excluding hydrogens is 264 g/mol. The monoisotopic (exact) mass is 282 g/mol. The van der Waals surface area contributed by atoms with Gasteiger partial charge in [-0.05, 0) is 48.6 Å². The summed E-state index contributed by atoms with van der Waals surface area (Å²) in [6.07, 6.45) is 2.54. The second-order valence-corrected chi connectivity index (χ2v) is 5.34. The highest BCUT2D eigenvalue weighted by molar-refractivity contribution is 5.89. The molecule has 108 valence electrons. The van der Waals surface area contributed by atoms with Gasteiger partial charge in [-0.25, -0.2) is 4.79 Å². The molecule has 0 atom stereocenters. The van der Waals surface area contributed by atoms with Crippen molar-refractivity contribution >= 4 is 5.97 Å². The third-order valence-electron chi connectivity index (χ3n) is 3.49. The molecule has 0 heterocycles. The first-order valence-electron chi connectivity index (χ1n) is 7.25. The molecule has 0 unspecified atom stereocenters. The Morgan fingerprint density at radius 2 is 1.71 bits per heavy atom. The predicted octanol–water partition coefficient (Wildman–Crippen LogP) is 3.83. The molecule has 0 spiro atoms. The van der Waals surface area contributed by atoms with E-state index in [-0.39, 0.29) is 5.97 Å². The number of carbonyl (C=O) groups is 1. The van der Waals surface area contributed by atoms with Gasteiger partial charge in [0.25, 0.3) is 0 Å². The average molecular weight is 282 g/mol.